The molecule has 0 saturated carbocycles. The van der Waals surface area contributed by atoms with Gasteiger partial charge in [-0.1, -0.05) is 12.1 Å². The number of fused-ring (bicyclic) bond motifs is 1. The molecule has 19 heavy (non-hydrogen) atoms. The van der Waals surface area contributed by atoms with Crippen molar-refractivity contribution in [1.29, 1.82) is 0 Å². The minimum atomic E-state index is -4.29. The lowest BCUT2D eigenvalue weighted by Crippen LogP contribution is -2.36. The first-order valence-corrected chi connectivity index (χ1v) is 6.07. The van der Waals surface area contributed by atoms with Crippen LogP contribution >= 0.6 is 0 Å². The third-order valence-electron chi connectivity index (χ3n) is 3.28. The van der Waals surface area contributed by atoms with Gasteiger partial charge in [0, 0.05) is 25.2 Å². The standard InChI is InChI=1S/C13H15F3N2O/c14-13(15,16)6-4-12(19)18-7-5-9-2-1-3-11(17)10(9)8-18/h1-3H,4-8,17H2. The molecule has 1 amide bonds. The molecule has 0 bridgehead atoms. The summed E-state index contributed by atoms with van der Waals surface area (Å²) in [5, 5.41) is 0. The first-order valence-electron chi connectivity index (χ1n) is 6.07. The Balaban J connectivity index is 2.01. The number of hydrogen-bond donors (Lipinski definition) is 1. The minimum absolute atomic E-state index is 0.304. The monoisotopic (exact) mass is 272 g/mol. The zero-order valence-electron chi connectivity index (χ0n) is 10.3. The summed E-state index contributed by atoms with van der Waals surface area (Å²) in [7, 11) is 0. The third kappa shape index (κ3) is 3.39. The van der Waals surface area contributed by atoms with E-state index in [9.17, 15) is 18.0 Å². The average Bonchev–Trinajstić information content (AvgIpc) is 2.35. The number of amides is 1. The maximum Gasteiger partial charge on any atom is 0.389 e. The van der Waals surface area contributed by atoms with Crippen LogP contribution in [0.2, 0.25) is 0 Å². The summed E-state index contributed by atoms with van der Waals surface area (Å²) in [6.07, 6.45) is -5.22. The summed E-state index contributed by atoms with van der Waals surface area (Å²) in [6, 6.07) is 5.51. The number of alkyl halides is 3. The highest BCUT2D eigenvalue weighted by molar-refractivity contribution is 5.77. The molecular formula is C13H15F3N2O. The van der Waals surface area contributed by atoms with E-state index in [1.54, 1.807) is 6.07 Å². The molecule has 0 spiro atoms. The van der Waals surface area contributed by atoms with Crippen LogP contribution in [0.5, 0.6) is 0 Å². The van der Waals surface area contributed by atoms with E-state index in [0.717, 1.165) is 11.1 Å². The molecule has 0 saturated heterocycles. The Hall–Kier alpha value is -1.72. The van der Waals surface area contributed by atoms with E-state index in [4.69, 9.17) is 5.73 Å². The van der Waals surface area contributed by atoms with E-state index in [1.807, 2.05) is 12.1 Å². The summed E-state index contributed by atoms with van der Waals surface area (Å²) in [6.45, 7) is 0.756. The number of benzene rings is 1. The molecule has 1 aromatic rings. The van der Waals surface area contributed by atoms with Crippen LogP contribution in [0.1, 0.15) is 24.0 Å². The Morgan fingerprint density at radius 2 is 2.11 bits per heavy atom. The van der Waals surface area contributed by atoms with Crippen molar-refractivity contribution >= 4 is 11.6 Å². The van der Waals surface area contributed by atoms with Gasteiger partial charge in [0.2, 0.25) is 5.91 Å². The molecule has 0 fully saturated rings. The second-order valence-corrected chi connectivity index (χ2v) is 4.67. The van der Waals surface area contributed by atoms with Crippen LogP contribution in [0.15, 0.2) is 18.2 Å². The number of hydrogen-bond acceptors (Lipinski definition) is 2. The third-order valence-corrected chi connectivity index (χ3v) is 3.28. The lowest BCUT2D eigenvalue weighted by atomic mass is 9.98. The van der Waals surface area contributed by atoms with Crippen LogP contribution in [-0.4, -0.2) is 23.5 Å². The predicted octanol–water partition coefficient (Wildman–Crippen LogP) is 2.50. The van der Waals surface area contributed by atoms with Gasteiger partial charge in [-0.05, 0) is 23.6 Å². The van der Waals surface area contributed by atoms with Gasteiger partial charge in [0.25, 0.3) is 0 Å². The highest BCUT2D eigenvalue weighted by Gasteiger charge is 2.30. The maximum absolute atomic E-state index is 12.1. The number of anilines is 1. The molecule has 1 aliphatic rings. The van der Waals surface area contributed by atoms with Gasteiger partial charge in [-0.2, -0.15) is 13.2 Å². The highest BCUT2D eigenvalue weighted by Crippen LogP contribution is 2.26. The highest BCUT2D eigenvalue weighted by atomic mass is 19.4. The van der Waals surface area contributed by atoms with Gasteiger partial charge in [-0.3, -0.25) is 4.79 Å². The zero-order valence-corrected chi connectivity index (χ0v) is 10.3. The van der Waals surface area contributed by atoms with Crippen molar-refractivity contribution in [3.63, 3.8) is 0 Å². The first-order chi connectivity index (χ1) is 8.87. The topological polar surface area (TPSA) is 46.3 Å². The van der Waals surface area contributed by atoms with Crippen LogP contribution in [0.4, 0.5) is 18.9 Å². The van der Waals surface area contributed by atoms with Gasteiger partial charge < -0.3 is 10.6 Å². The number of rotatable bonds is 2. The molecule has 6 heteroatoms. The van der Waals surface area contributed by atoms with Crippen LogP contribution in [0.3, 0.4) is 0 Å². The van der Waals surface area contributed by atoms with E-state index in [-0.39, 0.29) is 0 Å². The van der Waals surface area contributed by atoms with E-state index < -0.39 is 24.9 Å². The molecule has 0 atom stereocenters. The van der Waals surface area contributed by atoms with Crippen LogP contribution in [-0.2, 0) is 17.8 Å². The van der Waals surface area contributed by atoms with Gasteiger partial charge in [-0.25, -0.2) is 0 Å². The molecule has 0 radical (unpaired) electrons. The van der Waals surface area contributed by atoms with Crippen molar-refractivity contribution < 1.29 is 18.0 Å². The predicted molar refractivity (Wildman–Crippen MR) is 65.3 cm³/mol. The summed E-state index contributed by atoms with van der Waals surface area (Å²) >= 11 is 0. The summed E-state index contributed by atoms with van der Waals surface area (Å²) in [4.78, 5) is 13.2. The van der Waals surface area contributed by atoms with Crippen LogP contribution in [0, 0.1) is 0 Å². The Kier molecular flexibility index (Phi) is 3.68. The molecule has 0 aliphatic carbocycles. The van der Waals surface area contributed by atoms with Gasteiger partial charge in [0.05, 0.1) is 6.42 Å². The SMILES string of the molecule is Nc1cccc2c1CN(C(=O)CCC(F)(F)F)CC2. The number of nitrogens with two attached hydrogens (primary N) is 1. The largest absolute Gasteiger partial charge is 0.398 e. The van der Waals surface area contributed by atoms with Gasteiger partial charge >= 0.3 is 6.18 Å². The van der Waals surface area contributed by atoms with E-state index in [0.29, 0.717) is 25.2 Å². The number of carbonyl (C=O) groups is 1. The molecule has 1 aromatic carbocycles. The van der Waals surface area contributed by atoms with Crippen molar-refractivity contribution in [1.82, 2.24) is 4.90 Å². The van der Waals surface area contributed by atoms with Gasteiger partial charge in [0.15, 0.2) is 0 Å². The second-order valence-electron chi connectivity index (χ2n) is 4.67. The zero-order chi connectivity index (χ0) is 14.0. The molecule has 104 valence electrons. The van der Waals surface area contributed by atoms with Crippen molar-refractivity contribution in [2.45, 2.75) is 32.0 Å². The Labute approximate surface area is 109 Å². The van der Waals surface area contributed by atoms with Crippen molar-refractivity contribution in [3.05, 3.63) is 29.3 Å². The van der Waals surface area contributed by atoms with Crippen molar-refractivity contribution in [3.8, 4) is 0 Å². The molecule has 1 aliphatic heterocycles. The smallest absolute Gasteiger partial charge is 0.389 e. The summed E-state index contributed by atoms with van der Waals surface area (Å²) < 4.78 is 36.3. The minimum Gasteiger partial charge on any atom is -0.398 e. The number of halogens is 3. The first kappa shape index (κ1) is 13.7. The van der Waals surface area contributed by atoms with Crippen LogP contribution < -0.4 is 5.73 Å². The average molecular weight is 272 g/mol. The molecule has 0 unspecified atom stereocenters. The second kappa shape index (κ2) is 5.11. The fraction of sp³-hybridized carbons (Fsp3) is 0.462. The number of carbonyl (C=O) groups excluding carboxylic acids is 1. The normalized spacial score (nSPS) is 15.2. The summed E-state index contributed by atoms with van der Waals surface area (Å²) in [5.41, 5.74) is 8.34. The summed E-state index contributed by atoms with van der Waals surface area (Å²) in [5.74, 6) is -0.466. The van der Waals surface area contributed by atoms with Crippen LogP contribution in [0.25, 0.3) is 0 Å². The Morgan fingerprint density at radius 3 is 2.79 bits per heavy atom. The Bertz CT molecular complexity index is 485. The van der Waals surface area contributed by atoms with E-state index >= 15 is 0 Å². The fourth-order valence-corrected chi connectivity index (χ4v) is 2.23. The maximum atomic E-state index is 12.1. The number of nitrogen functional groups attached to an aromatic ring is 1. The molecule has 2 rings (SSSR count). The van der Waals surface area contributed by atoms with Crippen molar-refractivity contribution in [2.24, 2.45) is 0 Å². The molecule has 1 heterocycles. The van der Waals surface area contributed by atoms with Gasteiger partial charge in [-0.15, -0.1) is 0 Å². The van der Waals surface area contributed by atoms with Crippen molar-refractivity contribution in [2.75, 3.05) is 12.3 Å². The molecule has 2 N–H and O–H groups in total. The Morgan fingerprint density at radius 1 is 1.37 bits per heavy atom. The fourth-order valence-electron chi connectivity index (χ4n) is 2.23. The van der Waals surface area contributed by atoms with Gasteiger partial charge in [0.1, 0.15) is 0 Å². The quantitative estimate of drug-likeness (QED) is 0.841. The molecule has 3 nitrogen and oxygen atoms in total. The molecular weight excluding hydrogens is 257 g/mol. The van der Waals surface area contributed by atoms with E-state index in [2.05, 4.69) is 0 Å². The number of nitrogens with zero attached hydrogens (tertiary/aromatic N) is 1. The lowest BCUT2D eigenvalue weighted by molar-refractivity contribution is -0.149. The van der Waals surface area contributed by atoms with E-state index in [1.165, 1.54) is 4.90 Å². The lowest BCUT2D eigenvalue weighted by Gasteiger charge is -2.30. The molecule has 0 aromatic heterocycles.